The fourth-order valence-corrected chi connectivity index (χ4v) is 2.18. The van der Waals surface area contributed by atoms with Gasteiger partial charge in [-0.2, -0.15) is 0 Å². The number of phenolic OH excluding ortho intramolecular Hbond substituents is 1. The van der Waals surface area contributed by atoms with Crippen LogP contribution in [0.3, 0.4) is 0 Å². The fraction of sp³-hybridized carbons (Fsp3) is 0.417. The zero-order chi connectivity index (χ0) is 10.8. The fourth-order valence-electron chi connectivity index (χ4n) is 2.18. The van der Waals surface area contributed by atoms with Gasteiger partial charge in [-0.1, -0.05) is 12.1 Å². The van der Waals surface area contributed by atoms with Crippen molar-refractivity contribution in [3.8, 4) is 5.75 Å². The predicted molar refractivity (Wildman–Crippen MR) is 55.6 cm³/mol. The van der Waals surface area contributed by atoms with Crippen molar-refractivity contribution in [1.29, 1.82) is 0 Å². The zero-order valence-corrected chi connectivity index (χ0v) is 8.69. The molecule has 1 atom stereocenters. The first kappa shape index (κ1) is 10.0. The predicted octanol–water partition coefficient (Wildman–Crippen LogP) is 1.67. The highest BCUT2D eigenvalue weighted by Gasteiger charge is 2.25. The van der Waals surface area contributed by atoms with Crippen molar-refractivity contribution in [3.63, 3.8) is 0 Å². The molecule has 0 saturated carbocycles. The van der Waals surface area contributed by atoms with E-state index < -0.39 is 0 Å². The SMILES string of the molecule is COC(=O)CC1Cc2cccc(O)c2C1. The molecule has 1 aromatic rings. The van der Waals surface area contributed by atoms with Crippen LogP contribution in [0.15, 0.2) is 18.2 Å². The highest BCUT2D eigenvalue weighted by atomic mass is 16.5. The van der Waals surface area contributed by atoms with E-state index in [1.807, 2.05) is 12.1 Å². The molecule has 0 amide bonds. The van der Waals surface area contributed by atoms with Gasteiger partial charge in [-0.05, 0) is 36.0 Å². The van der Waals surface area contributed by atoms with Crippen LogP contribution in [0.1, 0.15) is 17.5 Å². The van der Waals surface area contributed by atoms with Crippen molar-refractivity contribution < 1.29 is 14.6 Å². The highest BCUT2D eigenvalue weighted by molar-refractivity contribution is 5.69. The van der Waals surface area contributed by atoms with Gasteiger partial charge in [0.15, 0.2) is 0 Å². The zero-order valence-electron chi connectivity index (χ0n) is 8.69. The number of hydrogen-bond donors (Lipinski definition) is 1. The van der Waals surface area contributed by atoms with Crippen LogP contribution in [-0.2, 0) is 22.4 Å². The lowest BCUT2D eigenvalue weighted by Gasteiger charge is -2.05. The van der Waals surface area contributed by atoms with Gasteiger partial charge in [0.25, 0.3) is 0 Å². The highest BCUT2D eigenvalue weighted by Crippen LogP contribution is 2.34. The summed E-state index contributed by atoms with van der Waals surface area (Å²) >= 11 is 0. The minimum absolute atomic E-state index is 0.174. The van der Waals surface area contributed by atoms with Crippen molar-refractivity contribution in [3.05, 3.63) is 29.3 Å². The normalized spacial score (nSPS) is 18.6. The van der Waals surface area contributed by atoms with Crippen molar-refractivity contribution in [1.82, 2.24) is 0 Å². The quantitative estimate of drug-likeness (QED) is 0.749. The molecular weight excluding hydrogens is 192 g/mol. The smallest absolute Gasteiger partial charge is 0.305 e. The molecule has 1 N–H and O–H groups in total. The number of fused-ring (bicyclic) bond motifs is 1. The number of benzene rings is 1. The third-order valence-electron chi connectivity index (χ3n) is 2.93. The number of ether oxygens (including phenoxy) is 1. The van der Waals surface area contributed by atoms with Crippen LogP contribution in [0.25, 0.3) is 0 Å². The molecule has 80 valence electrons. The third kappa shape index (κ3) is 1.96. The number of hydrogen-bond acceptors (Lipinski definition) is 3. The average molecular weight is 206 g/mol. The van der Waals surface area contributed by atoms with E-state index in [0.29, 0.717) is 12.2 Å². The Hall–Kier alpha value is -1.51. The van der Waals surface area contributed by atoms with Crippen LogP contribution in [0.2, 0.25) is 0 Å². The van der Waals surface area contributed by atoms with E-state index >= 15 is 0 Å². The lowest BCUT2D eigenvalue weighted by atomic mass is 10.0. The topological polar surface area (TPSA) is 46.5 Å². The standard InChI is InChI=1S/C12H14O3/c1-15-12(14)7-8-5-9-3-2-4-11(13)10(9)6-8/h2-4,8,13H,5-7H2,1H3. The summed E-state index contributed by atoms with van der Waals surface area (Å²) in [5, 5.41) is 9.62. The van der Waals surface area contributed by atoms with Crippen molar-refractivity contribution in [2.75, 3.05) is 7.11 Å². The second-order valence-corrected chi connectivity index (χ2v) is 3.97. The number of rotatable bonds is 2. The summed E-state index contributed by atoms with van der Waals surface area (Å²) in [7, 11) is 1.40. The summed E-state index contributed by atoms with van der Waals surface area (Å²) in [6.07, 6.45) is 2.07. The molecule has 1 aromatic carbocycles. The Morgan fingerprint density at radius 1 is 1.53 bits per heavy atom. The van der Waals surface area contributed by atoms with Gasteiger partial charge in [-0.25, -0.2) is 0 Å². The molecule has 3 nitrogen and oxygen atoms in total. The van der Waals surface area contributed by atoms with Crippen LogP contribution in [0.5, 0.6) is 5.75 Å². The van der Waals surface area contributed by atoms with E-state index in [9.17, 15) is 9.90 Å². The summed E-state index contributed by atoms with van der Waals surface area (Å²) in [4.78, 5) is 11.1. The maximum absolute atomic E-state index is 11.1. The first-order valence-electron chi connectivity index (χ1n) is 5.07. The van der Waals surface area contributed by atoms with Gasteiger partial charge >= 0.3 is 5.97 Å². The minimum Gasteiger partial charge on any atom is -0.508 e. The van der Waals surface area contributed by atoms with Crippen LogP contribution in [0, 0.1) is 5.92 Å². The largest absolute Gasteiger partial charge is 0.508 e. The first-order chi connectivity index (χ1) is 7.20. The van der Waals surface area contributed by atoms with E-state index in [4.69, 9.17) is 0 Å². The number of aromatic hydroxyl groups is 1. The molecule has 0 fully saturated rings. The molecule has 0 aromatic heterocycles. The van der Waals surface area contributed by atoms with Crippen molar-refractivity contribution in [2.24, 2.45) is 5.92 Å². The maximum atomic E-state index is 11.1. The summed E-state index contributed by atoms with van der Waals surface area (Å²) < 4.78 is 4.64. The van der Waals surface area contributed by atoms with Crippen molar-refractivity contribution in [2.45, 2.75) is 19.3 Å². The van der Waals surface area contributed by atoms with E-state index in [1.165, 1.54) is 7.11 Å². The molecule has 1 unspecified atom stereocenters. The van der Waals surface area contributed by atoms with Gasteiger partial charge in [-0.15, -0.1) is 0 Å². The molecule has 0 heterocycles. The van der Waals surface area contributed by atoms with Gasteiger partial charge < -0.3 is 9.84 Å². The van der Waals surface area contributed by atoms with Gasteiger partial charge in [-0.3, -0.25) is 4.79 Å². The van der Waals surface area contributed by atoms with E-state index in [1.54, 1.807) is 6.07 Å². The number of methoxy groups -OCH3 is 1. The Bertz CT molecular complexity index is 384. The Labute approximate surface area is 88.7 Å². The molecule has 3 heteroatoms. The molecule has 0 saturated heterocycles. The molecule has 1 aliphatic carbocycles. The maximum Gasteiger partial charge on any atom is 0.305 e. The number of esters is 1. The molecule has 2 rings (SSSR count). The Kier molecular flexibility index (Phi) is 2.62. The molecule has 0 radical (unpaired) electrons. The summed E-state index contributed by atoms with van der Waals surface area (Å²) in [5.41, 5.74) is 2.15. The number of phenols is 1. The number of carbonyl (C=O) groups is 1. The van der Waals surface area contributed by atoms with Gasteiger partial charge in [0.05, 0.1) is 7.11 Å². The first-order valence-corrected chi connectivity index (χ1v) is 5.07. The van der Waals surface area contributed by atoms with E-state index in [2.05, 4.69) is 4.74 Å². The lowest BCUT2D eigenvalue weighted by molar-refractivity contribution is -0.141. The molecule has 0 spiro atoms. The van der Waals surface area contributed by atoms with Gasteiger partial charge in [0.2, 0.25) is 0 Å². The Morgan fingerprint density at radius 2 is 2.33 bits per heavy atom. The minimum atomic E-state index is -0.174. The monoisotopic (exact) mass is 206 g/mol. The van der Waals surface area contributed by atoms with Crippen LogP contribution in [0.4, 0.5) is 0 Å². The third-order valence-corrected chi connectivity index (χ3v) is 2.93. The van der Waals surface area contributed by atoms with E-state index in [-0.39, 0.29) is 11.9 Å². The van der Waals surface area contributed by atoms with Crippen LogP contribution >= 0.6 is 0 Å². The van der Waals surface area contributed by atoms with Crippen LogP contribution < -0.4 is 0 Å². The van der Waals surface area contributed by atoms with Crippen molar-refractivity contribution >= 4 is 5.97 Å². The summed E-state index contributed by atoms with van der Waals surface area (Å²) in [5.74, 6) is 0.452. The van der Waals surface area contributed by atoms with Gasteiger partial charge in [0, 0.05) is 6.42 Å². The molecule has 0 aliphatic heterocycles. The molecule has 0 bridgehead atoms. The Morgan fingerprint density at radius 3 is 3.00 bits per heavy atom. The summed E-state index contributed by atoms with van der Waals surface area (Å²) in [6.45, 7) is 0. The molecule has 1 aliphatic rings. The number of carbonyl (C=O) groups excluding carboxylic acids is 1. The summed E-state index contributed by atoms with van der Waals surface area (Å²) in [6, 6.07) is 5.54. The second kappa shape index (κ2) is 3.93. The van der Waals surface area contributed by atoms with Gasteiger partial charge in [0.1, 0.15) is 5.75 Å². The molecular formula is C12H14O3. The lowest BCUT2D eigenvalue weighted by Crippen LogP contribution is -2.09. The Balaban J connectivity index is 2.09. The van der Waals surface area contributed by atoms with Crippen LogP contribution in [-0.4, -0.2) is 18.2 Å². The second-order valence-electron chi connectivity index (χ2n) is 3.97. The average Bonchev–Trinajstić information content (AvgIpc) is 2.62. The molecule has 15 heavy (non-hydrogen) atoms. The van der Waals surface area contributed by atoms with E-state index in [0.717, 1.165) is 24.0 Å².